The predicted molar refractivity (Wildman–Crippen MR) is 108 cm³/mol. The summed E-state index contributed by atoms with van der Waals surface area (Å²) in [6.07, 6.45) is 4.51. The van der Waals surface area contributed by atoms with Crippen LogP contribution in [0.5, 0.6) is 11.5 Å². The van der Waals surface area contributed by atoms with Crippen LogP contribution in [0.15, 0.2) is 78.2 Å². The molecule has 146 valence electrons. The highest BCUT2D eigenvalue weighted by Gasteiger charge is 2.13. The van der Waals surface area contributed by atoms with Gasteiger partial charge in [0.1, 0.15) is 0 Å². The van der Waals surface area contributed by atoms with E-state index in [-0.39, 0.29) is 5.91 Å². The largest absolute Gasteiger partial charge is 0.490 e. The molecule has 0 radical (unpaired) electrons. The number of nitrogens with one attached hydrogen (secondary N) is 1. The lowest BCUT2D eigenvalue weighted by atomic mass is 10.2. The van der Waals surface area contributed by atoms with E-state index in [1.54, 1.807) is 60.8 Å². The zero-order chi connectivity index (χ0) is 20.5. The van der Waals surface area contributed by atoms with E-state index in [1.807, 2.05) is 13.0 Å². The van der Waals surface area contributed by atoms with Crippen molar-refractivity contribution in [2.75, 3.05) is 6.61 Å². The van der Waals surface area contributed by atoms with Gasteiger partial charge in [0.25, 0.3) is 5.91 Å². The van der Waals surface area contributed by atoms with Gasteiger partial charge in [0.15, 0.2) is 11.5 Å². The summed E-state index contributed by atoms with van der Waals surface area (Å²) in [5.74, 6) is -0.138. The smallest absolute Gasteiger partial charge is 0.343 e. The molecule has 3 rings (SSSR count). The summed E-state index contributed by atoms with van der Waals surface area (Å²) in [7, 11) is 0. The van der Waals surface area contributed by atoms with Gasteiger partial charge in [-0.05, 0) is 55.0 Å². The van der Waals surface area contributed by atoms with E-state index in [0.29, 0.717) is 34.8 Å². The number of hydrogen-bond donors (Lipinski definition) is 1. The molecule has 0 atom stereocenters. The summed E-state index contributed by atoms with van der Waals surface area (Å²) < 4.78 is 11.0. The fourth-order valence-corrected chi connectivity index (χ4v) is 2.42. The molecule has 0 saturated heterocycles. The molecule has 0 aliphatic carbocycles. The van der Waals surface area contributed by atoms with Crippen molar-refractivity contribution in [1.82, 2.24) is 10.4 Å². The van der Waals surface area contributed by atoms with Crippen molar-refractivity contribution in [3.05, 3.63) is 89.7 Å². The van der Waals surface area contributed by atoms with E-state index < -0.39 is 5.97 Å². The van der Waals surface area contributed by atoms with Crippen LogP contribution in [-0.4, -0.2) is 29.7 Å². The van der Waals surface area contributed by atoms with Crippen molar-refractivity contribution in [2.45, 2.75) is 6.92 Å². The predicted octanol–water partition coefficient (Wildman–Crippen LogP) is 3.46. The van der Waals surface area contributed by atoms with Gasteiger partial charge in [-0.25, -0.2) is 10.2 Å². The number of hydrazone groups is 1. The molecular formula is C22H19N3O4. The van der Waals surface area contributed by atoms with Gasteiger partial charge in [0.05, 0.1) is 23.9 Å². The number of carbonyl (C=O) groups is 2. The first-order valence-electron chi connectivity index (χ1n) is 8.95. The Kier molecular flexibility index (Phi) is 6.67. The minimum atomic E-state index is -0.475. The third-order valence-electron chi connectivity index (χ3n) is 3.78. The molecule has 1 N–H and O–H groups in total. The summed E-state index contributed by atoms with van der Waals surface area (Å²) in [5, 5.41) is 3.94. The minimum absolute atomic E-state index is 0.303. The zero-order valence-corrected chi connectivity index (χ0v) is 15.7. The lowest BCUT2D eigenvalue weighted by molar-refractivity contribution is 0.0728. The standard InChI is InChI=1S/C22H19N3O4/c1-2-28-20-13-16(14-24-25-21(26)18-9-6-12-23-15-18)10-11-19(20)29-22(27)17-7-4-3-5-8-17/h3-15H,2H2,1H3,(H,25,26)/b24-14+. The maximum atomic E-state index is 12.3. The van der Waals surface area contributed by atoms with Gasteiger partial charge in [-0.15, -0.1) is 0 Å². The molecule has 3 aromatic rings. The summed E-state index contributed by atoms with van der Waals surface area (Å²) in [5.41, 5.74) is 3.95. The monoisotopic (exact) mass is 389 g/mol. The highest BCUT2D eigenvalue weighted by atomic mass is 16.6. The molecule has 7 nitrogen and oxygen atoms in total. The van der Waals surface area contributed by atoms with Crippen LogP contribution in [0, 0.1) is 0 Å². The van der Waals surface area contributed by atoms with Crippen LogP contribution >= 0.6 is 0 Å². The van der Waals surface area contributed by atoms with Crippen molar-refractivity contribution >= 4 is 18.1 Å². The third kappa shape index (κ3) is 5.49. The average molecular weight is 389 g/mol. The molecule has 0 aliphatic rings. The van der Waals surface area contributed by atoms with Crippen molar-refractivity contribution < 1.29 is 19.1 Å². The Bertz CT molecular complexity index is 1010. The van der Waals surface area contributed by atoms with Crippen molar-refractivity contribution in [3.8, 4) is 11.5 Å². The van der Waals surface area contributed by atoms with Crippen LogP contribution in [0.1, 0.15) is 33.2 Å². The Balaban J connectivity index is 1.70. The minimum Gasteiger partial charge on any atom is -0.490 e. The number of hydrogen-bond acceptors (Lipinski definition) is 6. The lowest BCUT2D eigenvalue weighted by Crippen LogP contribution is -2.17. The van der Waals surface area contributed by atoms with Gasteiger partial charge in [-0.2, -0.15) is 5.10 Å². The van der Waals surface area contributed by atoms with Crippen LogP contribution < -0.4 is 14.9 Å². The third-order valence-corrected chi connectivity index (χ3v) is 3.78. The molecule has 29 heavy (non-hydrogen) atoms. The highest BCUT2D eigenvalue weighted by molar-refractivity contribution is 5.94. The first-order valence-corrected chi connectivity index (χ1v) is 8.95. The Hall–Kier alpha value is -4.00. The number of benzene rings is 2. The Morgan fingerprint density at radius 2 is 1.83 bits per heavy atom. The molecule has 0 saturated carbocycles. The van der Waals surface area contributed by atoms with Crippen molar-refractivity contribution in [3.63, 3.8) is 0 Å². The second-order valence-electron chi connectivity index (χ2n) is 5.84. The lowest BCUT2D eigenvalue weighted by Gasteiger charge is -2.11. The van der Waals surface area contributed by atoms with Crippen molar-refractivity contribution in [1.29, 1.82) is 0 Å². The maximum Gasteiger partial charge on any atom is 0.343 e. The number of aromatic nitrogens is 1. The fourth-order valence-electron chi connectivity index (χ4n) is 2.42. The van der Waals surface area contributed by atoms with E-state index in [9.17, 15) is 9.59 Å². The number of amides is 1. The molecule has 2 aromatic carbocycles. The summed E-state index contributed by atoms with van der Waals surface area (Å²) in [6, 6.07) is 17.0. The van der Waals surface area contributed by atoms with E-state index in [0.717, 1.165) is 0 Å². The van der Waals surface area contributed by atoms with Crippen LogP contribution in [-0.2, 0) is 0 Å². The molecule has 1 aromatic heterocycles. The Labute approximate surface area is 168 Å². The fraction of sp³-hybridized carbons (Fsp3) is 0.0909. The summed E-state index contributed by atoms with van der Waals surface area (Å²) >= 11 is 0. The van der Waals surface area contributed by atoms with Crippen LogP contribution in [0.25, 0.3) is 0 Å². The maximum absolute atomic E-state index is 12.3. The summed E-state index contributed by atoms with van der Waals surface area (Å²) in [6.45, 7) is 2.23. The highest BCUT2D eigenvalue weighted by Crippen LogP contribution is 2.28. The van der Waals surface area contributed by atoms with Gasteiger partial charge in [-0.1, -0.05) is 18.2 Å². The second kappa shape index (κ2) is 9.80. The molecule has 0 aliphatic heterocycles. The number of esters is 1. The van der Waals surface area contributed by atoms with Gasteiger partial charge < -0.3 is 9.47 Å². The van der Waals surface area contributed by atoms with Gasteiger partial charge >= 0.3 is 5.97 Å². The van der Waals surface area contributed by atoms with E-state index in [1.165, 1.54) is 12.4 Å². The number of carbonyl (C=O) groups excluding carboxylic acids is 2. The van der Waals surface area contributed by atoms with Gasteiger partial charge in [-0.3, -0.25) is 9.78 Å². The van der Waals surface area contributed by atoms with Crippen LogP contribution in [0.4, 0.5) is 0 Å². The van der Waals surface area contributed by atoms with E-state index in [4.69, 9.17) is 9.47 Å². The average Bonchev–Trinajstić information content (AvgIpc) is 2.76. The Morgan fingerprint density at radius 1 is 1.03 bits per heavy atom. The zero-order valence-electron chi connectivity index (χ0n) is 15.7. The number of rotatable bonds is 7. The first kappa shape index (κ1) is 19.8. The number of pyridine rings is 1. The van der Waals surface area contributed by atoms with Crippen LogP contribution in [0.3, 0.4) is 0 Å². The molecule has 0 spiro atoms. The summed E-state index contributed by atoms with van der Waals surface area (Å²) in [4.78, 5) is 28.1. The topological polar surface area (TPSA) is 89.9 Å². The van der Waals surface area contributed by atoms with Crippen LogP contribution in [0.2, 0.25) is 0 Å². The second-order valence-corrected chi connectivity index (χ2v) is 5.84. The quantitative estimate of drug-likeness (QED) is 0.289. The Morgan fingerprint density at radius 3 is 2.55 bits per heavy atom. The first-order chi connectivity index (χ1) is 14.2. The van der Waals surface area contributed by atoms with E-state index in [2.05, 4.69) is 15.5 Å². The molecule has 7 heteroatoms. The molecule has 1 heterocycles. The number of nitrogens with zero attached hydrogens (tertiary/aromatic N) is 2. The molecule has 1 amide bonds. The molecule has 0 bridgehead atoms. The van der Waals surface area contributed by atoms with Crippen molar-refractivity contribution in [2.24, 2.45) is 5.10 Å². The normalized spacial score (nSPS) is 10.5. The molecular weight excluding hydrogens is 370 g/mol. The molecule has 0 unspecified atom stereocenters. The van der Waals surface area contributed by atoms with E-state index >= 15 is 0 Å². The SMILES string of the molecule is CCOc1cc(/C=N/NC(=O)c2cccnc2)ccc1OC(=O)c1ccccc1. The number of ether oxygens (including phenoxy) is 2. The van der Waals surface area contributed by atoms with Gasteiger partial charge in [0.2, 0.25) is 0 Å². The molecule has 0 fully saturated rings. The van der Waals surface area contributed by atoms with Gasteiger partial charge in [0, 0.05) is 12.4 Å².